The Labute approximate surface area is 184 Å². The van der Waals surface area contributed by atoms with E-state index in [0.717, 1.165) is 18.2 Å². The first kappa shape index (κ1) is 23.0. The zero-order chi connectivity index (χ0) is 23.5. The SMILES string of the molecule is COc1cc(Nc2ccc(S(=O)(=O)NS(=O)(=O)c3ccccc3)cc2[N+](=O)[O-])ccc1N. The predicted molar refractivity (Wildman–Crippen MR) is 118 cm³/mol. The maximum absolute atomic E-state index is 12.6. The molecule has 168 valence electrons. The monoisotopic (exact) mass is 478 g/mol. The van der Waals surface area contributed by atoms with E-state index in [4.69, 9.17) is 10.5 Å². The van der Waals surface area contributed by atoms with Gasteiger partial charge in [-0.3, -0.25) is 10.1 Å². The van der Waals surface area contributed by atoms with E-state index >= 15 is 0 Å². The summed E-state index contributed by atoms with van der Waals surface area (Å²) in [6.45, 7) is 0. The topological polar surface area (TPSA) is 171 Å². The molecule has 0 saturated carbocycles. The van der Waals surface area contributed by atoms with Crippen LogP contribution in [0.3, 0.4) is 0 Å². The first-order chi connectivity index (χ1) is 15.0. The molecule has 0 unspecified atom stereocenters. The number of ether oxygens (including phenoxy) is 1. The van der Waals surface area contributed by atoms with Crippen molar-refractivity contribution in [3.63, 3.8) is 0 Å². The van der Waals surface area contributed by atoms with Crippen molar-refractivity contribution in [2.45, 2.75) is 9.79 Å². The lowest BCUT2D eigenvalue weighted by Crippen LogP contribution is -2.30. The highest BCUT2D eigenvalue weighted by atomic mass is 32.3. The Hall–Kier alpha value is -3.68. The minimum atomic E-state index is -4.63. The number of rotatable bonds is 8. The summed E-state index contributed by atoms with van der Waals surface area (Å²) in [5, 5.41) is 14.4. The zero-order valence-electron chi connectivity index (χ0n) is 16.5. The van der Waals surface area contributed by atoms with Crippen LogP contribution in [-0.2, 0) is 20.0 Å². The van der Waals surface area contributed by atoms with Crippen LogP contribution in [0.5, 0.6) is 5.75 Å². The van der Waals surface area contributed by atoms with Crippen molar-refractivity contribution in [3.8, 4) is 5.75 Å². The van der Waals surface area contributed by atoms with E-state index in [2.05, 4.69) is 5.32 Å². The molecule has 0 aliphatic heterocycles. The fourth-order valence-corrected chi connectivity index (χ4v) is 5.67. The normalized spacial score (nSPS) is 11.7. The fourth-order valence-electron chi connectivity index (χ4n) is 2.72. The molecule has 0 aromatic heterocycles. The first-order valence-electron chi connectivity index (χ1n) is 8.86. The number of nitro groups is 1. The predicted octanol–water partition coefficient (Wildman–Crippen LogP) is 2.60. The number of nitrogens with zero attached hydrogens (tertiary/aromatic N) is 1. The molecular weight excluding hydrogens is 460 g/mol. The van der Waals surface area contributed by atoms with E-state index < -0.39 is 35.6 Å². The third kappa shape index (κ3) is 4.96. The van der Waals surface area contributed by atoms with Gasteiger partial charge in [-0.15, -0.1) is 4.13 Å². The van der Waals surface area contributed by atoms with Crippen molar-refractivity contribution in [1.82, 2.24) is 4.13 Å². The second-order valence-electron chi connectivity index (χ2n) is 6.42. The van der Waals surface area contributed by atoms with Gasteiger partial charge < -0.3 is 15.8 Å². The van der Waals surface area contributed by atoms with Crippen molar-refractivity contribution in [1.29, 1.82) is 0 Å². The molecule has 11 nitrogen and oxygen atoms in total. The lowest BCUT2D eigenvalue weighted by molar-refractivity contribution is -0.384. The third-order valence-electron chi connectivity index (χ3n) is 4.26. The van der Waals surface area contributed by atoms with Gasteiger partial charge in [-0.25, -0.2) is 16.8 Å². The van der Waals surface area contributed by atoms with Crippen LogP contribution in [0.1, 0.15) is 0 Å². The van der Waals surface area contributed by atoms with Crippen molar-refractivity contribution in [2.24, 2.45) is 0 Å². The standard InChI is InChI=1S/C19H18N4O7S2/c1-30-19-11-13(7-9-16(19)20)21-17-10-8-15(12-18(17)23(24)25)32(28,29)22-31(26,27)14-5-3-2-4-6-14/h2-12,21-22H,20H2,1H3. The largest absolute Gasteiger partial charge is 0.495 e. The number of hydrogen-bond acceptors (Lipinski definition) is 9. The van der Waals surface area contributed by atoms with Gasteiger partial charge in [0, 0.05) is 17.8 Å². The minimum absolute atomic E-state index is 0.0216. The first-order valence-corrected chi connectivity index (χ1v) is 11.8. The minimum Gasteiger partial charge on any atom is -0.495 e. The van der Waals surface area contributed by atoms with Gasteiger partial charge in [-0.1, -0.05) is 18.2 Å². The lowest BCUT2D eigenvalue weighted by atomic mass is 10.2. The van der Waals surface area contributed by atoms with E-state index in [-0.39, 0.29) is 10.6 Å². The molecular formula is C19H18N4O7S2. The van der Waals surface area contributed by atoms with Gasteiger partial charge in [-0.2, -0.15) is 0 Å². The Balaban J connectivity index is 1.95. The van der Waals surface area contributed by atoms with Gasteiger partial charge >= 0.3 is 0 Å². The average molecular weight is 479 g/mol. The number of anilines is 3. The smallest absolute Gasteiger partial charge is 0.294 e. The van der Waals surface area contributed by atoms with Gasteiger partial charge in [0.05, 0.1) is 27.5 Å². The molecule has 0 radical (unpaired) electrons. The van der Waals surface area contributed by atoms with E-state index in [9.17, 15) is 26.9 Å². The molecule has 3 aromatic carbocycles. The quantitative estimate of drug-likeness (QED) is 0.250. The van der Waals surface area contributed by atoms with Crippen LogP contribution in [0, 0.1) is 10.1 Å². The van der Waals surface area contributed by atoms with E-state index in [1.165, 1.54) is 43.5 Å². The van der Waals surface area contributed by atoms with Crippen LogP contribution in [0.2, 0.25) is 0 Å². The number of hydrogen-bond donors (Lipinski definition) is 3. The maximum atomic E-state index is 12.6. The highest BCUT2D eigenvalue weighted by Crippen LogP contribution is 2.33. The third-order valence-corrected chi connectivity index (χ3v) is 7.78. The summed E-state index contributed by atoms with van der Waals surface area (Å²) < 4.78 is 56.7. The molecule has 0 spiro atoms. The van der Waals surface area contributed by atoms with Gasteiger partial charge in [-0.05, 0) is 36.4 Å². The van der Waals surface area contributed by atoms with Crippen LogP contribution in [0.25, 0.3) is 0 Å². The van der Waals surface area contributed by atoms with Crippen molar-refractivity contribution >= 4 is 42.8 Å². The molecule has 0 saturated heterocycles. The Morgan fingerprint density at radius 2 is 1.56 bits per heavy atom. The molecule has 0 heterocycles. The molecule has 0 amide bonds. The molecule has 4 N–H and O–H groups in total. The van der Waals surface area contributed by atoms with Crippen LogP contribution in [-0.4, -0.2) is 28.9 Å². The number of sulfonamides is 2. The number of benzene rings is 3. The molecule has 0 aliphatic carbocycles. The summed E-state index contributed by atoms with van der Waals surface area (Å²) in [5.41, 5.74) is 5.91. The lowest BCUT2D eigenvalue weighted by Gasteiger charge is -2.12. The van der Waals surface area contributed by atoms with Gasteiger partial charge in [0.2, 0.25) is 0 Å². The number of nitrogens with one attached hydrogen (secondary N) is 2. The number of nitrogen functional groups attached to an aromatic ring is 1. The van der Waals surface area contributed by atoms with E-state index in [1.807, 2.05) is 0 Å². The molecule has 0 fully saturated rings. The number of methoxy groups -OCH3 is 1. The fraction of sp³-hybridized carbons (Fsp3) is 0.0526. The highest BCUT2D eigenvalue weighted by molar-refractivity contribution is 8.04. The van der Waals surface area contributed by atoms with Gasteiger partial charge in [0.1, 0.15) is 11.4 Å². The van der Waals surface area contributed by atoms with E-state index in [1.54, 1.807) is 16.3 Å². The van der Waals surface area contributed by atoms with Crippen LogP contribution in [0.4, 0.5) is 22.7 Å². The maximum Gasteiger partial charge on any atom is 0.294 e. The summed E-state index contributed by atoms with van der Waals surface area (Å²) in [5.74, 6) is 0.340. The van der Waals surface area contributed by atoms with Crippen LogP contribution < -0.4 is 19.9 Å². The average Bonchev–Trinajstić information content (AvgIpc) is 2.75. The molecule has 3 aromatic rings. The molecule has 3 rings (SSSR count). The van der Waals surface area contributed by atoms with Crippen molar-refractivity contribution in [2.75, 3.05) is 18.2 Å². The Morgan fingerprint density at radius 3 is 2.19 bits per heavy atom. The van der Waals surface area contributed by atoms with Gasteiger partial charge in [0.15, 0.2) is 0 Å². The van der Waals surface area contributed by atoms with Gasteiger partial charge in [0.25, 0.3) is 25.7 Å². The van der Waals surface area contributed by atoms with E-state index in [0.29, 0.717) is 17.1 Å². The summed E-state index contributed by atoms with van der Waals surface area (Å²) in [4.78, 5) is 9.91. The Bertz CT molecular complexity index is 1380. The van der Waals surface area contributed by atoms with Crippen LogP contribution in [0.15, 0.2) is 76.5 Å². The molecule has 0 atom stereocenters. The van der Waals surface area contributed by atoms with Crippen molar-refractivity contribution in [3.05, 3.63) is 76.8 Å². The van der Waals surface area contributed by atoms with Crippen LogP contribution >= 0.6 is 0 Å². The molecule has 0 aliphatic rings. The second kappa shape index (κ2) is 8.82. The molecule has 0 bridgehead atoms. The summed E-state index contributed by atoms with van der Waals surface area (Å²) in [6, 6.07) is 14.4. The molecule has 32 heavy (non-hydrogen) atoms. The second-order valence-corrected chi connectivity index (χ2v) is 10.0. The number of nitro benzene ring substituents is 1. The molecule has 13 heteroatoms. The Morgan fingerprint density at radius 1 is 0.906 bits per heavy atom. The number of nitrogens with two attached hydrogens (primary N) is 1. The summed E-state index contributed by atoms with van der Waals surface area (Å²) in [7, 11) is -7.64. The summed E-state index contributed by atoms with van der Waals surface area (Å²) >= 11 is 0. The summed E-state index contributed by atoms with van der Waals surface area (Å²) in [6.07, 6.45) is 0. The highest BCUT2D eigenvalue weighted by Gasteiger charge is 2.27. The zero-order valence-corrected chi connectivity index (χ0v) is 18.2. The van der Waals surface area contributed by atoms with Crippen molar-refractivity contribution < 1.29 is 26.5 Å². The Kier molecular flexibility index (Phi) is 6.34.